The summed E-state index contributed by atoms with van der Waals surface area (Å²) in [6, 6.07) is 24.2. The van der Waals surface area contributed by atoms with Crippen molar-refractivity contribution in [1.29, 1.82) is 0 Å². The Hall–Kier alpha value is -3.31. The molecular weight excluding hydrogens is 436 g/mol. The number of hydrogen-bond acceptors (Lipinski definition) is 3. The SMILES string of the molecule is CC1CN(C(=O)c2ccccc2)c2ccccc2N(CCCCOc2ccccc2Cl)C1=O. The van der Waals surface area contributed by atoms with Crippen LogP contribution in [0, 0.1) is 5.92 Å². The van der Waals surface area contributed by atoms with Gasteiger partial charge >= 0.3 is 0 Å². The van der Waals surface area contributed by atoms with Gasteiger partial charge in [0.25, 0.3) is 5.91 Å². The first kappa shape index (κ1) is 22.9. The minimum Gasteiger partial charge on any atom is -0.492 e. The lowest BCUT2D eigenvalue weighted by molar-refractivity contribution is -0.121. The fourth-order valence-corrected chi connectivity index (χ4v) is 4.22. The molecule has 0 spiro atoms. The smallest absolute Gasteiger partial charge is 0.258 e. The van der Waals surface area contributed by atoms with Gasteiger partial charge in [0, 0.05) is 18.7 Å². The van der Waals surface area contributed by atoms with Gasteiger partial charge in [0.1, 0.15) is 5.75 Å². The molecule has 5 nitrogen and oxygen atoms in total. The second-order valence-electron chi connectivity index (χ2n) is 8.15. The summed E-state index contributed by atoms with van der Waals surface area (Å²) in [5.41, 5.74) is 2.14. The first-order valence-electron chi connectivity index (χ1n) is 11.2. The van der Waals surface area contributed by atoms with Crippen molar-refractivity contribution < 1.29 is 14.3 Å². The molecule has 1 atom stereocenters. The fraction of sp³-hybridized carbons (Fsp3) is 0.259. The zero-order valence-electron chi connectivity index (χ0n) is 18.6. The van der Waals surface area contributed by atoms with Crippen LogP contribution in [0.25, 0.3) is 0 Å². The number of amides is 2. The lowest BCUT2D eigenvalue weighted by atomic mass is 10.1. The van der Waals surface area contributed by atoms with Crippen LogP contribution in [0.4, 0.5) is 11.4 Å². The Labute approximate surface area is 199 Å². The first-order chi connectivity index (χ1) is 16.1. The fourth-order valence-electron chi connectivity index (χ4n) is 4.03. The van der Waals surface area contributed by atoms with Gasteiger partial charge in [-0.1, -0.05) is 61.0 Å². The van der Waals surface area contributed by atoms with Crippen LogP contribution in [0.2, 0.25) is 5.02 Å². The predicted octanol–water partition coefficient (Wildman–Crippen LogP) is 5.83. The summed E-state index contributed by atoms with van der Waals surface area (Å²) in [6.45, 7) is 3.30. The van der Waals surface area contributed by atoms with Crippen LogP contribution in [0.5, 0.6) is 5.75 Å². The average molecular weight is 463 g/mol. The van der Waals surface area contributed by atoms with Gasteiger partial charge in [-0.2, -0.15) is 0 Å². The van der Waals surface area contributed by atoms with E-state index in [4.69, 9.17) is 16.3 Å². The number of nitrogens with zero attached hydrogens (tertiary/aromatic N) is 2. The molecule has 0 saturated heterocycles. The molecule has 1 aliphatic heterocycles. The third kappa shape index (κ3) is 5.20. The Balaban J connectivity index is 1.48. The third-order valence-corrected chi connectivity index (χ3v) is 6.06. The van der Waals surface area contributed by atoms with E-state index in [2.05, 4.69) is 0 Å². The number of hydrogen-bond donors (Lipinski definition) is 0. The standard InChI is InChI=1S/C27H27ClN2O3/c1-20-19-30(27(32)21-11-3-2-4-12-21)24-15-7-6-14-23(24)29(26(20)31)17-9-10-18-33-25-16-8-5-13-22(25)28/h2-8,11-16,20H,9-10,17-19H2,1H3. The molecule has 4 rings (SSSR count). The zero-order chi connectivity index (χ0) is 23.2. The van der Waals surface area contributed by atoms with Crippen molar-refractivity contribution >= 4 is 34.8 Å². The highest BCUT2D eigenvalue weighted by Crippen LogP contribution is 2.35. The van der Waals surface area contributed by atoms with E-state index in [1.807, 2.05) is 72.5 Å². The summed E-state index contributed by atoms with van der Waals surface area (Å²) in [4.78, 5) is 30.1. The van der Waals surface area contributed by atoms with Crippen LogP contribution >= 0.6 is 11.6 Å². The number of benzene rings is 3. The number of halogens is 1. The van der Waals surface area contributed by atoms with Crippen molar-refractivity contribution in [2.24, 2.45) is 5.92 Å². The molecule has 2 amide bonds. The first-order valence-corrected chi connectivity index (χ1v) is 11.6. The molecule has 33 heavy (non-hydrogen) atoms. The Morgan fingerprint density at radius 1 is 0.939 bits per heavy atom. The molecule has 1 heterocycles. The highest BCUT2D eigenvalue weighted by molar-refractivity contribution is 6.32. The number of ether oxygens (including phenoxy) is 1. The van der Waals surface area contributed by atoms with Gasteiger partial charge in [-0.15, -0.1) is 0 Å². The summed E-state index contributed by atoms with van der Waals surface area (Å²) < 4.78 is 5.78. The lowest BCUT2D eigenvalue weighted by Crippen LogP contribution is -2.38. The predicted molar refractivity (Wildman–Crippen MR) is 132 cm³/mol. The van der Waals surface area contributed by atoms with E-state index in [1.165, 1.54) is 0 Å². The van der Waals surface area contributed by atoms with Crippen LogP contribution in [0.1, 0.15) is 30.1 Å². The van der Waals surface area contributed by atoms with E-state index < -0.39 is 0 Å². The molecular formula is C27H27ClN2O3. The maximum absolute atomic E-state index is 13.3. The summed E-state index contributed by atoms with van der Waals surface area (Å²) in [5.74, 6) is 0.277. The van der Waals surface area contributed by atoms with Crippen molar-refractivity contribution in [1.82, 2.24) is 0 Å². The number of unbranched alkanes of at least 4 members (excludes halogenated alkanes) is 1. The molecule has 0 N–H and O–H groups in total. The molecule has 0 saturated carbocycles. The monoisotopic (exact) mass is 462 g/mol. The molecule has 0 aliphatic carbocycles. The van der Waals surface area contributed by atoms with Crippen molar-refractivity contribution in [2.75, 3.05) is 29.5 Å². The number of carbonyl (C=O) groups excluding carboxylic acids is 2. The molecule has 3 aromatic carbocycles. The Kier molecular flexibility index (Phi) is 7.30. The summed E-state index contributed by atoms with van der Waals surface area (Å²) in [6.07, 6.45) is 1.54. The summed E-state index contributed by atoms with van der Waals surface area (Å²) in [5, 5.41) is 0.589. The van der Waals surface area contributed by atoms with Gasteiger partial charge in [-0.05, 0) is 49.2 Å². The van der Waals surface area contributed by atoms with Gasteiger partial charge in [0.15, 0.2) is 0 Å². The second-order valence-corrected chi connectivity index (χ2v) is 8.55. The molecule has 0 aromatic heterocycles. The van der Waals surface area contributed by atoms with E-state index >= 15 is 0 Å². The van der Waals surface area contributed by atoms with Crippen LogP contribution in [-0.2, 0) is 4.79 Å². The Morgan fingerprint density at radius 3 is 2.36 bits per heavy atom. The molecule has 170 valence electrons. The van der Waals surface area contributed by atoms with Gasteiger partial charge in [-0.25, -0.2) is 0 Å². The van der Waals surface area contributed by atoms with E-state index in [-0.39, 0.29) is 17.7 Å². The average Bonchev–Trinajstić information content (AvgIpc) is 2.95. The molecule has 0 bridgehead atoms. The van der Waals surface area contributed by atoms with E-state index in [1.54, 1.807) is 23.1 Å². The topological polar surface area (TPSA) is 49.9 Å². The Morgan fingerprint density at radius 2 is 1.61 bits per heavy atom. The van der Waals surface area contributed by atoms with E-state index in [0.717, 1.165) is 24.2 Å². The minimum absolute atomic E-state index is 0.0258. The van der Waals surface area contributed by atoms with Gasteiger partial charge < -0.3 is 14.5 Å². The van der Waals surface area contributed by atoms with Gasteiger partial charge in [-0.3, -0.25) is 9.59 Å². The van der Waals surface area contributed by atoms with Gasteiger partial charge in [0.2, 0.25) is 5.91 Å². The molecule has 1 unspecified atom stereocenters. The van der Waals surface area contributed by atoms with Crippen LogP contribution in [-0.4, -0.2) is 31.5 Å². The summed E-state index contributed by atoms with van der Waals surface area (Å²) in [7, 11) is 0. The van der Waals surface area contributed by atoms with Crippen LogP contribution < -0.4 is 14.5 Å². The van der Waals surface area contributed by atoms with Crippen LogP contribution in [0.3, 0.4) is 0 Å². The largest absolute Gasteiger partial charge is 0.492 e. The normalized spacial score (nSPS) is 15.7. The van der Waals surface area contributed by atoms with Gasteiger partial charge in [0.05, 0.1) is 28.9 Å². The number of anilines is 2. The molecule has 0 fully saturated rings. The number of carbonyl (C=O) groups is 2. The van der Waals surface area contributed by atoms with E-state index in [9.17, 15) is 9.59 Å². The molecule has 3 aromatic rings. The maximum Gasteiger partial charge on any atom is 0.258 e. The number of rotatable bonds is 7. The van der Waals surface area contributed by atoms with E-state index in [0.29, 0.717) is 36.0 Å². The highest BCUT2D eigenvalue weighted by Gasteiger charge is 2.33. The van der Waals surface area contributed by atoms with Crippen molar-refractivity contribution in [3.8, 4) is 5.75 Å². The second kappa shape index (κ2) is 10.5. The third-order valence-electron chi connectivity index (χ3n) is 5.74. The quantitative estimate of drug-likeness (QED) is 0.415. The number of para-hydroxylation sites is 3. The Bertz CT molecular complexity index is 1120. The maximum atomic E-state index is 13.3. The zero-order valence-corrected chi connectivity index (χ0v) is 19.4. The van der Waals surface area contributed by atoms with Crippen molar-refractivity contribution in [2.45, 2.75) is 19.8 Å². The lowest BCUT2D eigenvalue weighted by Gasteiger charge is -2.25. The van der Waals surface area contributed by atoms with Crippen LogP contribution in [0.15, 0.2) is 78.9 Å². The summed E-state index contributed by atoms with van der Waals surface area (Å²) >= 11 is 6.14. The molecule has 0 radical (unpaired) electrons. The highest BCUT2D eigenvalue weighted by atomic mass is 35.5. The molecule has 1 aliphatic rings. The molecule has 6 heteroatoms. The number of fused-ring (bicyclic) bond motifs is 1. The minimum atomic E-state index is -0.315. The van der Waals surface area contributed by atoms with Crippen molar-refractivity contribution in [3.05, 3.63) is 89.4 Å². The van der Waals surface area contributed by atoms with Crippen molar-refractivity contribution in [3.63, 3.8) is 0 Å².